The third-order valence-corrected chi connectivity index (χ3v) is 8.04. The van der Waals surface area contributed by atoms with E-state index in [1.807, 2.05) is 18.0 Å². The quantitative estimate of drug-likeness (QED) is 0.375. The highest BCUT2D eigenvalue weighted by Gasteiger charge is 2.46. The number of benzene rings is 1. The summed E-state index contributed by atoms with van der Waals surface area (Å²) in [5, 5.41) is 9.08. The fourth-order valence-corrected chi connectivity index (χ4v) is 5.79. The number of likely N-dealkylation sites (tertiary alicyclic amines) is 1. The summed E-state index contributed by atoms with van der Waals surface area (Å²) >= 11 is 0. The summed E-state index contributed by atoms with van der Waals surface area (Å²) in [7, 11) is 3.21. The molecule has 2 heterocycles. The molecule has 3 aliphatic rings. The van der Waals surface area contributed by atoms with Gasteiger partial charge in [-0.3, -0.25) is 0 Å². The van der Waals surface area contributed by atoms with Gasteiger partial charge >= 0.3 is 12.1 Å². The van der Waals surface area contributed by atoms with Gasteiger partial charge in [-0.2, -0.15) is 0 Å². The van der Waals surface area contributed by atoms with Crippen LogP contribution in [-0.2, 0) is 14.2 Å². The molecule has 4 rings (SSSR count). The Kier molecular flexibility index (Phi) is 10.2. The maximum Gasteiger partial charge on any atom is 0.406 e. The van der Waals surface area contributed by atoms with E-state index < -0.39 is 12.2 Å². The molecule has 0 radical (unpaired) electrons. The zero-order valence-corrected chi connectivity index (χ0v) is 22.7. The number of ether oxygens (including phenoxy) is 3. The average Bonchev–Trinajstić information content (AvgIpc) is 3.69. The topological polar surface area (TPSA) is 101 Å². The van der Waals surface area contributed by atoms with Gasteiger partial charge in [0.25, 0.3) is 0 Å². The van der Waals surface area contributed by atoms with Crippen molar-refractivity contribution in [3.8, 4) is 0 Å². The van der Waals surface area contributed by atoms with Gasteiger partial charge in [-0.25, -0.2) is 14.0 Å². The third-order valence-electron chi connectivity index (χ3n) is 8.04. The minimum atomic E-state index is -0.528. The number of carbonyl (C=O) groups is 2. The summed E-state index contributed by atoms with van der Waals surface area (Å²) in [5.41, 5.74) is 0.908. The Balaban J connectivity index is 1.34. The van der Waals surface area contributed by atoms with E-state index in [2.05, 4.69) is 20.7 Å². The monoisotopic (exact) mass is 534 g/mol. The number of urea groups is 1. The van der Waals surface area contributed by atoms with Crippen molar-refractivity contribution in [3.63, 3.8) is 0 Å². The van der Waals surface area contributed by atoms with Crippen molar-refractivity contribution in [1.29, 1.82) is 0 Å². The molecular weight excluding hydrogens is 491 g/mol. The first-order valence-electron chi connectivity index (χ1n) is 13.9. The zero-order chi connectivity index (χ0) is 27.0. The van der Waals surface area contributed by atoms with Gasteiger partial charge < -0.3 is 35.1 Å². The molecular formula is C28H43FN4O5. The molecule has 9 nitrogen and oxygen atoms in total. The Hall–Kier alpha value is -2.43. The van der Waals surface area contributed by atoms with Gasteiger partial charge in [0.1, 0.15) is 5.82 Å². The fourth-order valence-electron chi connectivity index (χ4n) is 5.79. The number of nitrogens with zero attached hydrogens (tertiary/aromatic N) is 1. The molecule has 2 saturated heterocycles. The lowest BCUT2D eigenvalue weighted by Crippen LogP contribution is -2.52. The first-order valence-corrected chi connectivity index (χ1v) is 13.9. The molecule has 3 N–H and O–H groups in total. The molecule has 1 aliphatic carbocycles. The van der Waals surface area contributed by atoms with Gasteiger partial charge in [-0.05, 0) is 75.6 Å². The predicted molar refractivity (Wildman–Crippen MR) is 141 cm³/mol. The SMILES string of the molecule is CNC[C@H](C[C@H]1CCC2(CC2)OC1)NC(=O)N1CCC[C@@H](C(OCCNC(=O)OC)c2cccc(F)c2)C1. The number of likely N-dealkylation sites (N-methyl/N-ethyl adjacent to an activating group) is 1. The Morgan fingerprint density at radius 2 is 2.11 bits per heavy atom. The van der Waals surface area contributed by atoms with Gasteiger partial charge in [-0.1, -0.05) is 12.1 Å². The molecule has 3 amide bonds. The molecule has 2 aliphatic heterocycles. The van der Waals surface area contributed by atoms with Crippen molar-refractivity contribution in [2.45, 2.75) is 62.7 Å². The second-order valence-corrected chi connectivity index (χ2v) is 11.0. The number of hydrogen-bond donors (Lipinski definition) is 3. The number of carbonyl (C=O) groups excluding carboxylic acids is 2. The van der Waals surface area contributed by atoms with E-state index in [0.29, 0.717) is 25.6 Å². The lowest BCUT2D eigenvalue weighted by Gasteiger charge is -2.38. The molecule has 4 atom stereocenters. The summed E-state index contributed by atoms with van der Waals surface area (Å²) < 4.78 is 31.0. The van der Waals surface area contributed by atoms with Crippen molar-refractivity contribution in [3.05, 3.63) is 35.6 Å². The number of halogens is 1. The van der Waals surface area contributed by atoms with Gasteiger partial charge in [0, 0.05) is 38.1 Å². The normalized spacial score (nSPS) is 23.9. The van der Waals surface area contributed by atoms with E-state index in [0.717, 1.165) is 44.3 Å². The number of nitrogens with one attached hydrogen (secondary N) is 3. The summed E-state index contributed by atoms with van der Waals surface area (Å²) in [6.45, 7) is 3.18. The minimum Gasteiger partial charge on any atom is -0.453 e. The largest absolute Gasteiger partial charge is 0.453 e. The van der Waals surface area contributed by atoms with Crippen LogP contribution < -0.4 is 16.0 Å². The standard InChI is InChI=1S/C28H43FN4O5/c1-30-17-24(15-20-8-9-28(10-11-28)38-19-20)32-26(34)33-13-4-6-22(18-33)25(21-5-3-7-23(29)16-21)37-14-12-31-27(35)36-2/h3,5,7,16,20,22,24-25,30H,4,6,8-15,17-19H2,1-2H3,(H,31,35)(H,32,34)/t20-,22-,24+,25?/m1/s1. The highest BCUT2D eigenvalue weighted by Crippen LogP contribution is 2.47. The van der Waals surface area contributed by atoms with Crippen LogP contribution in [0.3, 0.4) is 0 Å². The summed E-state index contributed by atoms with van der Waals surface area (Å²) in [6, 6.07) is 6.36. The van der Waals surface area contributed by atoms with Crippen molar-refractivity contribution < 1.29 is 28.2 Å². The van der Waals surface area contributed by atoms with E-state index in [4.69, 9.17) is 9.47 Å². The second kappa shape index (κ2) is 13.6. The van der Waals surface area contributed by atoms with Gasteiger partial charge in [-0.15, -0.1) is 0 Å². The maximum atomic E-state index is 14.1. The van der Waals surface area contributed by atoms with E-state index >= 15 is 0 Å². The van der Waals surface area contributed by atoms with Crippen LogP contribution in [0.4, 0.5) is 14.0 Å². The van der Waals surface area contributed by atoms with Gasteiger partial charge in [0.05, 0.1) is 32.0 Å². The van der Waals surface area contributed by atoms with Crippen molar-refractivity contribution in [2.75, 3.05) is 53.6 Å². The molecule has 0 aromatic heterocycles. The Morgan fingerprint density at radius 1 is 1.26 bits per heavy atom. The Morgan fingerprint density at radius 3 is 2.79 bits per heavy atom. The third kappa shape index (κ3) is 8.04. The van der Waals surface area contributed by atoms with Crippen LogP contribution in [0.15, 0.2) is 24.3 Å². The predicted octanol–water partition coefficient (Wildman–Crippen LogP) is 3.60. The lowest BCUT2D eigenvalue weighted by atomic mass is 9.88. The number of hydrogen-bond acceptors (Lipinski definition) is 6. The molecule has 1 aromatic carbocycles. The van der Waals surface area contributed by atoms with Crippen LogP contribution in [0.5, 0.6) is 0 Å². The van der Waals surface area contributed by atoms with Gasteiger partial charge in [0.15, 0.2) is 0 Å². The first-order chi connectivity index (χ1) is 18.4. The van der Waals surface area contributed by atoms with Crippen LogP contribution in [0, 0.1) is 17.7 Å². The van der Waals surface area contributed by atoms with Crippen LogP contribution in [0.2, 0.25) is 0 Å². The summed E-state index contributed by atoms with van der Waals surface area (Å²) in [5.74, 6) is 0.125. The molecule has 38 heavy (non-hydrogen) atoms. The number of amides is 3. The fraction of sp³-hybridized carbons (Fsp3) is 0.714. The molecule has 1 spiro atoms. The van der Waals surface area contributed by atoms with Gasteiger partial charge in [0.2, 0.25) is 0 Å². The highest BCUT2D eigenvalue weighted by atomic mass is 19.1. The number of methoxy groups -OCH3 is 1. The average molecular weight is 535 g/mol. The van der Waals surface area contributed by atoms with Crippen LogP contribution in [0.1, 0.15) is 56.6 Å². The number of alkyl carbamates (subject to hydrolysis) is 1. The van der Waals surface area contributed by atoms with E-state index in [1.165, 1.54) is 32.1 Å². The van der Waals surface area contributed by atoms with Crippen molar-refractivity contribution in [1.82, 2.24) is 20.9 Å². The van der Waals surface area contributed by atoms with E-state index in [1.54, 1.807) is 6.07 Å². The molecule has 10 heteroatoms. The van der Waals surface area contributed by atoms with Crippen molar-refractivity contribution in [2.24, 2.45) is 11.8 Å². The van der Waals surface area contributed by atoms with Crippen LogP contribution >= 0.6 is 0 Å². The van der Waals surface area contributed by atoms with Crippen molar-refractivity contribution >= 4 is 12.1 Å². The highest BCUT2D eigenvalue weighted by molar-refractivity contribution is 5.74. The molecule has 1 aromatic rings. The second-order valence-electron chi connectivity index (χ2n) is 11.0. The number of rotatable bonds is 11. The molecule has 1 unspecified atom stereocenters. The Bertz CT molecular complexity index is 920. The van der Waals surface area contributed by atoms with E-state index in [9.17, 15) is 14.0 Å². The first kappa shape index (κ1) is 28.6. The smallest absolute Gasteiger partial charge is 0.406 e. The Labute approximate surface area is 225 Å². The van der Waals surface area contributed by atoms with E-state index in [-0.39, 0.29) is 42.6 Å². The molecule has 0 bridgehead atoms. The zero-order valence-electron chi connectivity index (χ0n) is 22.7. The number of piperidine rings is 1. The lowest BCUT2D eigenvalue weighted by molar-refractivity contribution is -0.0380. The minimum absolute atomic E-state index is 0.00125. The molecule has 212 valence electrons. The van der Waals surface area contributed by atoms with Crippen LogP contribution in [0.25, 0.3) is 0 Å². The summed E-state index contributed by atoms with van der Waals surface area (Å²) in [6.07, 6.45) is 6.31. The summed E-state index contributed by atoms with van der Waals surface area (Å²) in [4.78, 5) is 26.6. The van der Waals surface area contributed by atoms with Crippen LogP contribution in [-0.4, -0.2) is 82.2 Å². The molecule has 3 fully saturated rings. The maximum absolute atomic E-state index is 14.1. The molecule has 1 saturated carbocycles.